The highest BCUT2D eigenvalue weighted by atomic mass is 35.5. The molecular formula is C18H22ClN3O. The molecular weight excluding hydrogens is 310 g/mol. The molecule has 0 aromatic heterocycles. The number of carbonyl (C=O) groups is 1. The predicted molar refractivity (Wildman–Crippen MR) is 91.3 cm³/mol. The molecule has 5 heteroatoms. The Balaban J connectivity index is 1.55. The summed E-state index contributed by atoms with van der Waals surface area (Å²) in [6, 6.07) is 8.78. The highest BCUT2D eigenvalue weighted by Crippen LogP contribution is 2.32. The Labute approximate surface area is 141 Å². The van der Waals surface area contributed by atoms with Crippen LogP contribution in [0.3, 0.4) is 0 Å². The first-order chi connectivity index (χ1) is 11.2. The second kappa shape index (κ2) is 6.27. The van der Waals surface area contributed by atoms with Crippen molar-refractivity contribution < 1.29 is 4.79 Å². The van der Waals surface area contributed by atoms with Crippen LogP contribution >= 0.6 is 11.6 Å². The van der Waals surface area contributed by atoms with Gasteiger partial charge in [-0.05, 0) is 30.9 Å². The van der Waals surface area contributed by atoms with Gasteiger partial charge in [0.1, 0.15) is 0 Å². The van der Waals surface area contributed by atoms with Gasteiger partial charge in [0, 0.05) is 42.3 Å². The molecule has 0 radical (unpaired) electrons. The molecule has 1 saturated heterocycles. The second-order valence-corrected chi connectivity index (χ2v) is 7.13. The largest absolute Gasteiger partial charge is 0.332 e. The number of amides is 1. The van der Waals surface area contributed by atoms with Crippen LogP contribution in [0.2, 0.25) is 5.02 Å². The molecule has 2 fully saturated rings. The zero-order valence-electron chi connectivity index (χ0n) is 13.1. The summed E-state index contributed by atoms with van der Waals surface area (Å²) in [7, 11) is 0. The standard InChI is InChI=1S/C18H22ClN3O/c19-16-4-2-1-3-12(16)11-22(14-6-7-14)18(23)15-8-5-13-9-20-10-17(15)21-13/h1-4,8,13-14,17,20-21H,5-7,9-11H2. The van der Waals surface area contributed by atoms with Crippen LogP contribution in [0.5, 0.6) is 0 Å². The van der Waals surface area contributed by atoms with Gasteiger partial charge in [-0.3, -0.25) is 4.79 Å². The third-order valence-electron chi connectivity index (χ3n) is 4.97. The monoisotopic (exact) mass is 331 g/mol. The number of halogens is 1. The van der Waals surface area contributed by atoms with Crippen molar-refractivity contribution in [1.82, 2.24) is 15.5 Å². The lowest BCUT2D eigenvalue weighted by Gasteiger charge is -2.38. The molecule has 1 saturated carbocycles. The van der Waals surface area contributed by atoms with E-state index in [4.69, 9.17) is 11.6 Å². The molecule has 4 nitrogen and oxygen atoms in total. The number of rotatable bonds is 4. The van der Waals surface area contributed by atoms with E-state index in [1.807, 2.05) is 29.2 Å². The number of nitrogens with zero attached hydrogens (tertiary/aromatic N) is 1. The van der Waals surface area contributed by atoms with Gasteiger partial charge in [-0.15, -0.1) is 0 Å². The molecule has 2 aliphatic heterocycles. The van der Waals surface area contributed by atoms with Crippen LogP contribution in [0, 0.1) is 0 Å². The molecule has 1 amide bonds. The number of carbonyl (C=O) groups excluding carboxylic acids is 1. The fourth-order valence-corrected chi connectivity index (χ4v) is 3.73. The SMILES string of the molecule is O=C(C1=CCC2CNCC1N2)N(Cc1ccccc1Cl)C1CC1. The maximum atomic E-state index is 13.1. The van der Waals surface area contributed by atoms with Crippen LogP contribution in [0.4, 0.5) is 0 Å². The van der Waals surface area contributed by atoms with Crippen molar-refractivity contribution in [3.05, 3.63) is 46.5 Å². The van der Waals surface area contributed by atoms with Crippen LogP contribution < -0.4 is 10.6 Å². The number of fused-ring (bicyclic) bond motifs is 2. The van der Waals surface area contributed by atoms with Gasteiger partial charge in [-0.2, -0.15) is 0 Å². The molecule has 2 heterocycles. The molecule has 122 valence electrons. The molecule has 23 heavy (non-hydrogen) atoms. The van der Waals surface area contributed by atoms with E-state index >= 15 is 0 Å². The Morgan fingerprint density at radius 2 is 2.09 bits per heavy atom. The van der Waals surface area contributed by atoms with Crippen molar-refractivity contribution in [2.45, 2.75) is 43.9 Å². The molecule has 1 aromatic carbocycles. The zero-order chi connectivity index (χ0) is 15.8. The van der Waals surface area contributed by atoms with Crippen molar-refractivity contribution in [3.63, 3.8) is 0 Å². The van der Waals surface area contributed by atoms with Gasteiger partial charge in [-0.25, -0.2) is 0 Å². The summed E-state index contributed by atoms with van der Waals surface area (Å²) in [5.41, 5.74) is 1.95. The first kappa shape index (κ1) is 15.2. The number of nitrogens with one attached hydrogen (secondary N) is 2. The topological polar surface area (TPSA) is 44.4 Å². The average Bonchev–Trinajstić information content (AvgIpc) is 3.39. The van der Waals surface area contributed by atoms with E-state index in [1.165, 1.54) is 0 Å². The highest BCUT2D eigenvalue weighted by molar-refractivity contribution is 6.31. The van der Waals surface area contributed by atoms with Crippen molar-refractivity contribution in [2.75, 3.05) is 13.1 Å². The highest BCUT2D eigenvalue weighted by Gasteiger charge is 2.38. The van der Waals surface area contributed by atoms with Crippen LogP contribution in [0.1, 0.15) is 24.8 Å². The summed E-state index contributed by atoms with van der Waals surface area (Å²) in [5, 5.41) is 7.73. The number of hydrogen-bond acceptors (Lipinski definition) is 3. The van der Waals surface area contributed by atoms with Gasteiger partial charge in [0.05, 0.1) is 6.04 Å². The maximum Gasteiger partial charge on any atom is 0.251 e. The molecule has 1 aromatic rings. The van der Waals surface area contributed by atoms with E-state index in [9.17, 15) is 4.79 Å². The van der Waals surface area contributed by atoms with Crippen LogP contribution in [-0.4, -0.2) is 42.0 Å². The number of piperazine rings is 1. The van der Waals surface area contributed by atoms with Crippen molar-refractivity contribution >= 4 is 17.5 Å². The molecule has 2 N–H and O–H groups in total. The van der Waals surface area contributed by atoms with Crippen LogP contribution in [0.15, 0.2) is 35.9 Å². The molecule has 2 bridgehead atoms. The average molecular weight is 332 g/mol. The predicted octanol–water partition coefficient (Wildman–Crippen LogP) is 2.09. The normalized spacial score (nSPS) is 26.6. The summed E-state index contributed by atoms with van der Waals surface area (Å²) in [6.07, 6.45) is 5.27. The van der Waals surface area contributed by atoms with Gasteiger partial charge in [0.2, 0.25) is 0 Å². The zero-order valence-corrected chi connectivity index (χ0v) is 13.9. The first-order valence-electron chi connectivity index (χ1n) is 8.43. The lowest BCUT2D eigenvalue weighted by Crippen LogP contribution is -2.59. The van der Waals surface area contributed by atoms with E-state index in [0.717, 1.165) is 48.5 Å². The summed E-state index contributed by atoms with van der Waals surface area (Å²) < 4.78 is 0. The van der Waals surface area contributed by atoms with Gasteiger partial charge in [-0.1, -0.05) is 35.9 Å². The summed E-state index contributed by atoms with van der Waals surface area (Å²) in [6.45, 7) is 2.42. The quantitative estimate of drug-likeness (QED) is 0.888. The smallest absolute Gasteiger partial charge is 0.251 e. The Morgan fingerprint density at radius 3 is 2.87 bits per heavy atom. The van der Waals surface area contributed by atoms with Gasteiger partial charge in [0.15, 0.2) is 0 Å². The van der Waals surface area contributed by atoms with Gasteiger partial charge in [0.25, 0.3) is 5.91 Å². The molecule has 3 aliphatic rings. The van der Waals surface area contributed by atoms with E-state index in [-0.39, 0.29) is 11.9 Å². The molecule has 1 aliphatic carbocycles. The Bertz CT molecular complexity index is 641. The Kier molecular flexibility index (Phi) is 4.14. The molecule has 2 atom stereocenters. The minimum absolute atomic E-state index is 0.141. The van der Waals surface area contributed by atoms with Crippen molar-refractivity contribution in [3.8, 4) is 0 Å². The number of hydrogen-bond donors (Lipinski definition) is 2. The third kappa shape index (κ3) is 3.16. The lowest BCUT2D eigenvalue weighted by molar-refractivity contribution is -0.128. The van der Waals surface area contributed by atoms with Crippen molar-refractivity contribution in [1.29, 1.82) is 0 Å². The second-order valence-electron chi connectivity index (χ2n) is 6.73. The number of benzene rings is 1. The van der Waals surface area contributed by atoms with Crippen LogP contribution in [-0.2, 0) is 11.3 Å². The summed E-state index contributed by atoms with van der Waals surface area (Å²) in [4.78, 5) is 15.2. The summed E-state index contributed by atoms with van der Waals surface area (Å²) in [5.74, 6) is 0.173. The maximum absolute atomic E-state index is 13.1. The summed E-state index contributed by atoms with van der Waals surface area (Å²) >= 11 is 6.29. The van der Waals surface area contributed by atoms with E-state index in [0.29, 0.717) is 18.6 Å². The van der Waals surface area contributed by atoms with Gasteiger partial charge >= 0.3 is 0 Å². The Morgan fingerprint density at radius 1 is 1.26 bits per heavy atom. The molecule has 0 spiro atoms. The van der Waals surface area contributed by atoms with E-state index in [1.54, 1.807) is 0 Å². The fourth-order valence-electron chi connectivity index (χ4n) is 3.53. The van der Waals surface area contributed by atoms with Crippen molar-refractivity contribution in [2.24, 2.45) is 0 Å². The fraction of sp³-hybridized carbons (Fsp3) is 0.500. The first-order valence-corrected chi connectivity index (χ1v) is 8.81. The molecule has 2 unspecified atom stereocenters. The van der Waals surface area contributed by atoms with Crippen LogP contribution in [0.25, 0.3) is 0 Å². The molecule has 4 rings (SSSR count). The lowest BCUT2D eigenvalue weighted by atomic mass is 9.93. The van der Waals surface area contributed by atoms with Gasteiger partial charge < -0.3 is 15.5 Å². The minimum Gasteiger partial charge on any atom is -0.332 e. The van der Waals surface area contributed by atoms with E-state index in [2.05, 4.69) is 16.7 Å². The van der Waals surface area contributed by atoms with E-state index < -0.39 is 0 Å². The Hall–Kier alpha value is -1.36. The third-order valence-corrected chi connectivity index (χ3v) is 5.34. The minimum atomic E-state index is 0.141.